The van der Waals surface area contributed by atoms with Crippen molar-refractivity contribution < 1.29 is 9.59 Å². The number of carbonyl (C=O) groups is 2. The lowest BCUT2D eigenvalue weighted by Crippen LogP contribution is -2.41. The quantitative estimate of drug-likeness (QED) is 0.885. The van der Waals surface area contributed by atoms with E-state index < -0.39 is 6.04 Å². The molecule has 1 heterocycles. The van der Waals surface area contributed by atoms with Gasteiger partial charge < -0.3 is 10.6 Å². The Bertz CT molecular complexity index is 650. The molecule has 0 saturated carbocycles. The third-order valence-corrected chi connectivity index (χ3v) is 4.20. The van der Waals surface area contributed by atoms with Crippen molar-refractivity contribution in [1.29, 1.82) is 0 Å². The van der Waals surface area contributed by atoms with E-state index in [9.17, 15) is 9.59 Å². The molecular weight excluding hydrogens is 296 g/mol. The number of benzene rings is 1. The molecule has 2 rings (SSSR count). The maximum atomic E-state index is 12.3. The number of para-hydroxylation sites is 1. The summed E-state index contributed by atoms with van der Waals surface area (Å²) in [5.41, 5.74) is 1.87. The minimum absolute atomic E-state index is 0.224. The van der Waals surface area contributed by atoms with E-state index in [-0.39, 0.29) is 11.8 Å². The van der Waals surface area contributed by atoms with Gasteiger partial charge in [0.15, 0.2) is 0 Å². The van der Waals surface area contributed by atoms with Crippen LogP contribution in [0.1, 0.15) is 41.9 Å². The second kappa shape index (κ2) is 7.22. The van der Waals surface area contributed by atoms with Gasteiger partial charge in [0.05, 0.1) is 4.88 Å². The maximum Gasteiger partial charge on any atom is 0.261 e. The lowest BCUT2D eigenvalue weighted by molar-refractivity contribution is -0.117. The second-order valence-corrected chi connectivity index (χ2v) is 6.35. The Morgan fingerprint density at radius 3 is 2.41 bits per heavy atom. The Hall–Kier alpha value is -2.14. The summed E-state index contributed by atoms with van der Waals surface area (Å²) in [6.07, 6.45) is 0. The molecule has 0 aliphatic carbocycles. The summed E-state index contributed by atoms with van der Waals surface area (Å²) >= 11 is 1.35. The Morgan fingerprint density at radius 2 is 1.77 bits per heavy atom. The fourth-order valence-corrected chi connectivity index (χ4v) is 2.72. The molecule has 1 aromatic carbocycles. The summed E-state index contributed by atoms with van der Waals surface area (Å²) in [6.45, 7) is 5.83. The van der Waals surface area contributed by atoms with Gasteiger partial charge in [0.1, 0.15) is 6.04 Å². The van der Waals surface area contributed by atoms with Crippen molar-refractivity contribution in [3.63, 3.8) is 0 Å². The molecule has 0 saturated heterocycles. The van der Waals surface area contributed by atoms with Crippen LogP contribution in [0.4, 0.5) is 5.69 Å². The van der Waals surface area contributed by atoms with Crippen LogP contribution in [-0.4, -0.2) is 17.9 Å². The third-order valence-electron chi connectivity index (χ3n) is 3.33. The van der Waals surface area contributed by atoms with Crippen LogP contribution in [0.15, 0.2) is 41.8 Å². The van der Waals surface area contributed by atoms with Gasteiger partial charge >= 0.3 is 0 Å². The Balaban J connectivity index is 2.01. The number of nitrogens with one attached hydrogen (secondary N) is 2. The highest BCUT2D eigenvalue weighted by atomic mass is 32.1. The number of amides is 2. The highest BCUT2D eigenvalue weighted by molar-refractivity contribution is 7.12. The molecule has 0 aliphatic rings. The van der Waals surface area contributed by atoms with Crippen molar-refractivity contribution in [3.8, 4) is 0 Å². The van der Waals surface area contributed by atoms with Gasteiger partial charge in [0, 0.05) is 5.69 Å². The average Bonchev–Trinajstić information content (AvgIpc) is 3.01. The monoisotopic (exact) mass is 316 g/mol. The summed E-state index contributed by atoms with van der Waals surface area (Å²) < 4.78 is 0. The molecule has 0 bridgehead atoms. The highest BCUT2D eigenvalue weighted by Crippen LogP contribution is 2.23. The number of hydrogen-bond acceptors (Lipinski definition) is 3. The zero-order valence-electron chi connectivity index (χ0n) is 12.9. The van der Waals surface area contributed by atoms with Crippen LogP contribution in [0.5, 0.6) is 0 Å². The number of carbonyl (C=O) groups excluding carboxylic acids is 2. The first-order valence-corrected chi connectivity index (χ1v) is 8.11. The lowest BCUT2D eigenvalue weighted by atomic mass is 10.0. The molecule has 2 N–H and O–H groups in total. The molecule has 0 spiro atoms. The van der Waals surface area contributed by atoms with Crippen molar-refractivity contribution >= 4 is 28.8 Å². The van der Waals surface area contributed by atoms with Gasteiger partial charge in [-0.15, -0.1) is 11.3 Å². The van der Waals surface area contributed by atoms with E-state index in [4.69, 9.17) is 0 Å². The minimum atomic E-state index is -0.602. The van der Waals surface area contributed by atoms with Crippen LogP contribution in [0, 0.1) is 0 Å². The maximum absolute atomic E-state index is 12.3. The van der Waals surface area contributed by atoms with Crippen molar-refractivity contribution in [3.05, 3.63) is 52.2 Å². The van der Waals surface area contributed by atoms with Crippen molar-refractivity contribution in [2.45, 2.75) is 32.7 Å². The fourth-order valence-electron chi connectivity index (χ4n) is 2.10. The molecule has 2 aromatic rings. The average molecular weight is 316 g/mol. The minimum Gasteiger partial charge on any atom is -0.340 e. The molecule has 0 unspecified atom stereocenters. The van der Waals surface area contributed by atoms with Gasteiger partial charge in [0.25, 0.3) is 5.91 Å². The lowest BCUT2D eigenvalue weighted by Gasteiger charge is -2.17. The normalized spacial score (nSPS) is 12.0. The van der Waals surface area contributed by atoms with Gasteiger partial charge in [-0.2, -0.15) is 0 Å². The second-order valence-electron chi connectivity index (χ2n) is 5.40. The van der Waals surface area contributed by atoms with Crippen molar-refractivity contribution in [1.82, 2.24) is 5.32 Å². The molecule has 0 fully saturated rings. The Morgan fingerprint density at radius 1 is 1.05 bits per heavy atom. The predicted octanol–water partition coefficient (Wildman–Crippen LogP) is 3.63. The first-order valence-electron chi connectivity index (χ1n) is 7.23. The predicted molar refractivity (Wildman–Crippen MR) is 90.4 cm³/mol. The Labute approximate surface area is 134 Å². The van der Waals surface area contributed by atoms with E-state index in [1.54, 1.807) is 13.0 Å². The van der Waals surface area contributed by atoms with Gasteiger partial charge in [-0.3, -0.25) is 9.59 Å². The highest BCUT2D eigenvalue weighted by Gasteiger charge is 2.18. The number of rotatable bonds is 5. The summed E-state index contributed by atoms with van der Waals surface area (Å²) in [4.78, 5) is 24.8. The molecule has 0 aliphatic heterocycles. The van der Waals surface area contributed by atoms with E-state index >= 15 is 0 Å². The molecule has 5 heteroatoms. The van der Waals surface area contributed by atoms with Gasteiger partial charge in [-0.05, 0) is 35.9 Å². The van der Waals surface area contributed by atoms with Crippen molar-refractivity contribution in [2.24, 2.45) is 0 Å². The van der Waals surface area contributed by atoms with Crippen LogP contribution in [0.2, 0.25) is 0 Å². The standard InChI is InChI=1S/C17H20N2O2S/c1-11(2)13-7-4-5-8-14(13)19-16(20)12(3)18-17(21)15-9-6-10-22-15/h4-12H,1-3H3,(H,18,21)(H,19,20)/t12-/m1/s1. The molecular formula is C17H20N2O2S. The number of hydrogen-bond donors (Lipinski definition) is 2. The zero-order valence-corrected chi connectivity index (χ0v) is 13.7. The van der Waals surface area contributed by atoms with E-state index in [1.165, 1.54) is 11.3 Å². The van der Waals surface area contributed by atoms with Crippen LogP contribution in [0.25, 0.3) is 0 Å². The van der Waals surface area contributed by atoms with Gasteiger partial charge in [-0.25, -0.2) is 0 Å². The first-order chi connectivity index (χ1) is 10.5. The molecule has 22 heavy (non-hydrogen) atoms. The summed E-state index contributed by atoms with van der Waals surface area (Å²) in [7, 11) is 0. The molecule has 1 aromatic heterocycles. The zero-order chi connectivity index (χ0) is 16.1. The van der Waals surface area contributed by atoms with Crippen molar-refractivity contribution in [2.75, 3.05) is 5.32 Å². The summed E-state index contributed by atoms with van der Waals surface area (Å²) in [5.74, 6) is -0.139. The number of anilines is 1. The van der Waals surface area contributed by atoms with Gasteiger partial charge in [0.2, 0.25) is 5.91 Å². The van der Waals surface area contributed by atoms with Crippen LogP contribution < -0.4 is 10.6 Å². The SMILES string of the molecule is CC(C)c1ccccc1NC(=O)[C@@H](C)NC(=O)c1cccs1. The molecule has 4 nitrogen and oxygen atoms in total. The summed E-state index contributed by atoms with van der Waals surface area (Å²) in [6, 6.07) is 10.6. The van der Waals surface area contributed by atoms with E-state index in [0.717, 1.165) is 11.3 Å². The first kappa shape index (κ1) is 16.2. The molecule has 0 radical (unpaired) electrons. The molecule has 1 atom stereocenters. The van der Waals surface area contributed by atoms with Crippen LogP contribution in [0.3, 0.4) is 0 Å². The van der Waals surface area contributed by atoms with Crippen LogP contribution >= 0.6 is 11.3 Å². The smallest absolute Gasteiger partial charge is 0.261 e. The van der Waals surface area contributed by atoms with E-state index in [1.807, 2.05) is 35.7 Å². The van der Waals surface area contributed by atoms with Crippen LogP contribution in [-0.2, 0) is 4.79 Å². The van der Waals surface area contributed by atoms with Gasteiger partial charge in [-0.1, -0.05) is 38.1 Å². The topological polar surface area (TPSA) is 58.2 Å². The Kier molecular flexibility index (Phi) is 5.33. The van der Waals surface area contributed by atoms with E-state index in [2.05, 4.69) is 24.5 Å². The van der Waals surface area contributed by atoms with E-state index in [0.29, 0.717) is 10.8 Å². The molecule has 116 valence electrons. The fraction of sp³-hybridized carbons (Fsp3) is 0.294. The number of thiophene rings is 1. The third kappa shape index (κ3) is 3.95. The summed E-state index contributed by atoms with van der Waals surface area (Å²) in [5, 5.41) is 7.43. The largest absolute Gasteiger partial charge is 0.340 e. The molecule has 2 amide bonds.